The third-order valence-electron chi connectivity index (χ3n) is 11.5. The number of aromatic nitrogens is 3. The summed E-state index contributed by atoms with van der Waals surface area (Å²) in [6.07, 6.45) is 5.06. The second-order valence-electron chi connectivity index (χ2n) is 17.5. The number of aliphatic hydroxyl groups excluding tert-OH is 1. The molecule has 6 rings (SSSR count). The third-order valence-corrected chi connectivity index (χ3v) is 12.5. The van der Waals surface area contributed by atoms with Gasteiger partial charge in [0.15, 0.2) is 5.82 Å². The summed E-state index contributed by atoms with van der Waals surface area (Å²) in [5.74, 6) is -2.15. The van der Waals surface area contributed by atoms with Crippen molar-refractivity contribution in [1.82, 2.24) is 35.8 Å². The summed E-state index contributed by atoms with van der Waals surface area (Å²) >= 11 is 1.56. The summed E-state index contributed by atoms with van der Waals surface area (Å²) in [5, 5.41) is 22.8. The number of rotatable bonds is 17. The third kappa shape index (κ3) is 12.0. The zero-order chi connectivity index (χ0) is 47.0. The highest BCUT2D eigenvalue weighted by Gasteiger charge is 2.44. The molecular formula is C47H57FN10O6S. The summed E-state index contributed by atoms with van der Waals surface area (Å²) in [7, 11) is 0. The van der Waals surface area contributed by atoms with E-state index in [1.807, 2.05) is 52.0 Å². The minimum absolute atomic E-state index is 0.0290. The predicted octanol–water partition coefficient (Wildman–Crippen LogP) is 5.55. The molecule has 0 aliphatic carbocycles. The monoisotopic (exact) mass is 908 g/mol. The molecule has 0 bridgehead atoms. The molecule has 4 heterocycles. The van der Waals surface area contributed by atoms with E-state index in [1.54, 1.807) is 35.9 Å². The van der Waals surface area contributed by atoms with Gasteiger partial charge in [-0.3, -0.25) is 29.0 Å². The molecular weight excluding hydrogens is 852 g/mol. The van der Waals surface area contributed by atoms with Gasteiger partial charge in [-0.2, -0.15) is 0 Å². The fourth-order valence-corrected chi connectivity index (χ4v) is 8.54. The fourth-order valence-electron chi connectivity index (χ4n) is 7.73. The number of carbonyl (C=O) groups excluding carboxylic acids is 5. The summed E-state index contributed by atoms with van der Waals surface area (Å²) in [5.41, 5.74) is 17.8. The topological polar surface area (TPSA) is 248 Å². The van der Waals surface area contributed by atoms with Crippen LogP contribution in [0.5, 0.6) is 0 Å². The van der Waals surface area contributed by atoms with Crippen molar-refractivity contribution in [2.24, 2.45) is 5.41 Å². The number of nitrogens with zero attached hydrogens (tertiary/aromatic N) is 4. The van der Waals surface area contributed by atoms with Gasteiger partial charge in [0.2, 0.25) is 29.5 Å². The second kappa shape index (κ2) is 21.0. The Kier molecular flexibility index (Phi) is 15.5. The molecule has 5 aromatic rings. The van der Waals surface area contributed by atoms with Gasteiger partial charge in [-0.15, -0.1) is 11.3 Å². The Hall–Kier alpha value is -6.53. The second-order valence-corrected chi connectivity index (χ2v) is 18.4. The van der Waals surface area contributed by atoms with Crippen molar-refractivity contribution < 1.29 is 33.5 Å². The van der Waals surface area contributed by atoms with Gasteiger partial charge in [0.1, 0.15) is 17.9 Å². The van der Waals surface area contributed by atoms with Crippen molar-refractivity contribution in [3.8, 4) is 21.6 Å². The number of likely N-dealkylation sites (tertiary alicyclic amines) is 1. The van der Waals surface area contributed by atoms with Crippen LogP contribution in [0.3, 0.4) is 0 Å². The van der Waals surface area contributed by atoms with E-state index in [1.165, 1.54) is 23.5 Å². The highest BCUT2D eigenvalue weighted by atomic mass is 32.1. The van der Waals surface area contributed by atoms with E-state index in [0.717, 1.165) is 21.7 Å². The summed E-state index contributed by atoms with van der Waals surface area (Å²) < 4.78 is 15.3. The lowest BCUT2D eigenvalue weighted by atomic mass is 9.85. The highest BCUT2D eigenvalue weighted by molar-refractivity contribution is 7.13. The average Bonchev–Trinajstić information content (AvgIpc) is 3.88. The number of nitrogen functional groups attached to an aromatic ring is 2. The molecule has 65 heavy (non-hydrogen) atoms. The fraction of sp³-hybridized carbons (Fsp3) is 0.404. The van der Waals surface area contributed by atoms with Crippen molar-refractivity contribution in [2.75, 3.05) is 29.9 Å². The predicted molar refractivity (Wildman–Crippen MR) is 249 cm³/mol. The number of amides is 5. The molecule has 2 aromatic carbocycles. The van der Waals surface area contributed by atoms with Crippen LogP contribution in [0.2, 0.25) is 0 Å². The maximum absolute atomic E-state index is 15.3. The number of unbranched alkanes of at least 4 members (excludes halogenated alkanes) is 1. The number of nitrogens with two attached hydrogens (primary N) is 2. The molecule has 16 nitrogen and oxygen atoms in total. The van der Waals surface area contributed by atoms with E-state index in [9.17, 15) is 29.1 Å². The van der Waals surface area contributed by atoms with Crippen LogP contribution in [0, 0.1) is 25.1 Å². The van der Waals surface area contributed by atoms with E-state index >= 15 is 4.39 Å². The number of benzene rings is 2. The molecule has 0 saturated carbocycles. The zero-order valence-corrected chi connectivity index (χ0v) is 38.1. The Morgan fingerprint density at radius 1 is 0.908 bits per heavy atom. The van der Waals surface area contributed by atoms with Crippen molar-refractivity contribution in [1.29, 1.82) is 0 Å². The number of halogens is 1. The molecule has 18 heteroatoms. The Balaban J connectivity index is 0.907. The normalized spacial score (nSPS) is 15.4. The molecule has 9 N–H and O–H groups in total. The Morgan fingerprint density at radius 2 is 1.63 bits per heavy atom. The first kappa shape index (κ1) is 47.9. The molecule has 1 fully saturated rings. The van der Waals surface area contributed by atoms with Crippen LogP contribution >= 0.6 is 11.3 Å². The highest BCUT2D eigenvalue weighted by Crippen LogP contribution is 2.36. The number of hydrogen-bond donors (Lipinski definition) is 7. The number of β-amino-alcohol motifs (C(OH)–C–C–N with tert-alkyl or cyclic N) is 1. The number of pyridine rings is 2. The first-order valence-electron chi connectivity index (χ1n) is 21.6. The number of hydrogen-bond acceptors (Lipinski definition) is 12. The van der Waals surface area contributed by atoms with Crippen molar-refractivity contribution in [2.45, 2.75) is 104 Å². The Bertz CT molecular complexity index is 2560. The first-order valence-corrected chi connectivity index (χ1v) is 22.5. The molecule has 0 spiro atoms. The zero-order valence-electron chi connectivity index (χ0n) is 37.3. The quantitative estimate of drug-likeness (QED) is 0.0451. The molecule has 3 aromatic heterocycles. The van der Waals surface area contributed by atoms with Crippen LogP contribution in [-0.4, -0.2) is 85.8 Å². The number of carbonyl (C=O) groups is 5. The van der Waals surface area contributed by atoms with Gasteiger partial charge in [0.05, 0.1) is 39.8 Å². The number of nitrogens with one attached hydrogen (secondary N) is 4. The van der Waals surface area contributed by atoms with E-state index in [2.05, 4.69) is 36.2 Å². The molecule has 3 atom stereocenters. The molecule has 1 saturated heterocycles. The summed E-state index contributed by atoms with van der Waals surface area (Å²) in [6, 6.07) is 9.17. The van der Waals surface area contributed by atoms with Gasteiger partial charge in [-0.05, 0) is 72.7 Å². The van der Waals surface area contributed by atoms with E-state index in [-0.39, 0.29) is 85.9 Å². The number of aryl methyl sites for hydroxylation is 1. The molecule has 0 unspecified atom stereocenters. The molecule has 1 aliphatic rings. The van der Waals surface area contributed by atoms with Crippen LogP contribution in [0.4, 0.5) is 21.6 Å². The lowest BCUT2D eigenvalue weighted by molar-refractivity contribution is -0.144. The molecule has 344 valence electrons. The lowest BCUT2D eigenvalue weighted by Gasteiger charge is -2.35. The maximum Gasteiger partial charge on any atom is 0.246 e. The smallest absolute Gasteiger partial charge is 0.246 e. The Morgan fingerprint density at radius 3 is 2.34 bits per heavy atom. The van der Waals surface area contributed by atoms with Crippen LogP contribution in [0.15, 0.2) is 60.5 Å². The number of fused-ring (bicyclic) bond motifs is 1. The Labute approximate surface area is 381 Å². The van der Waals surface area contributed by atoms with Gasteiger partial charge in [0.25, 0.3) is 0 Å². The van der Waals surface area contributed by atoms with Gasteiger partial charge < -0.3 is 42.7 Å². The minimum Gasteiger partial charge on any atom is -0.397 e. The maximum atomic E-state index is 15.3. The summed E-state index contributed by atoms with van der Waals surface area (Å²) in [6.45, 7) is 9.72. The summed E-state index contributed by atoms with van der Waals surface area (Å²) in [4.78, 5) is 80.8. The standard InChI is InChI=1S/C47H57FN10O6S/c1-26-33(21-51-23-35(26)49)32-17-30-18-37(53-22-34(30)42(50)41(32)48)56-39(61)11-8-10-38(60)52-16-7-6-9-40(62)57-44(47(3,4)5)46(64)58-24-31(59)19-36(58)45(63)54-20-28-12-14-29(15-13-28)43-27(2)55-25-65-43/h12-15,17-18,21-23,25,31,36,44,59H,6-11,16,19-20,24,49-50H2,1-5H3,(H,52,60)(H,54,63)(H,57,62)(H,53,56,61)/t31-,36+,44-/m1/s1. The minimum atomic E-state index is -0.953. The molecule has 5 amide bonds. The number of thiazole rings is 1. The lowest BCUT2D eigenvalue weighted by Crippen LogP contribution is -2.57. The van der Waals surface area contributed by atoms with Crippen LogP contribution in [-0.2, 0) is 30.5 Å². The average molecular weight is 909 g/mol. The molecule has 1 aliphatic heterocycles. The van der Waals surface area contributed by atoms with Crippen LogP contribution < -0.4 is 32.7 Å². The van der Waals surface area contributed by atoms with Gasteiger partial charge in [0, 0.05) is 74.2 Å². The van der Waals surface area contributed by atoms with Gasteiger partial charge in [-0.1, -0.05) is 45.0 Å². The van der Waals surface area contributed by atoms with Gasteiger partial charge >= 0.3 is 0 Å². The SMILES string of the molecule is Cc1ncsc1-c1ccc(CNC(=O)[C@@H]2C[C@@H](O)CN2C(=O)[C@@H](NC(=O)CCCCNC(=O)CCCC(=O)Nc2cc3cc(-c4cncc(N)c4C)c(F)c(N)c3cn2)C(C)(C)C)cc1. The van der Waals surface area contributed by atoms with Crippen molar-refractivity contribution >= 4 is 68.8 Å². The molecule has 0 radical (unpaired) electrons. The largest absolute Gasteiger partial charge is 0.397 e. The van der Waals surface area contributed by atoms with Crippen LogP contribution in [0.25, 0.3) is 32.3 Å². The van der Waals surface area contributed by atoms with Crippen LogP contribution in [0.1, 0.15) is 82.5 Å². The number of anilines is 3. The van der Waals surface area contributed by atoms with Gasteiger partial charge in [-0.25, -0.2) is 14.4 Å². The van der Waals surface area contributed by atoms with E-state index in [0.29, 0.717) is 47.0 Å². The van der Waals surface area contributed by atoms with E-state index in [4.69, 9.17) is 11.5 Å². The van der Waals surface area contributed by atoms with Crippen molar-refractivity contribution in [3.63, 3.8) is 0 Å². The van der Waals surface area contributed by atoms with Crippen molar-refractivity contribution in [3.05, 3.63) is 83.1 Å². The number of aliphatic hydroxyl groups is 1. The van der Waals surface area contributed by atoms with E-state index < -0.39 is 35.3 Å². The first-order chi connectivity index (χ1) is 30.9.